The van der Waals surface area contributed by atoms with Crippen LogP contribution < -0.4 is 0 Å². The van der Waals surface area contributed by atoms with Gasteiger partial charge in [-0.3, -0.25) is 4.40 Å². The summed E-state index contributed by atoms with van der Waals surface area (Å²) < 4.78 is 6.22. The van der Waals surface area contributed by atoms with Crippen molar-refractivity contribution in [3.8, 4) is 0 Å². The van der Waals surface area contributed by atoms with Crippen LogP contribution in [-0.4, -0.2) is 32.2 Å². The van der Waals surface area contributed by atoms with E-state index in [0.717, 1.165) is 0 Å². The van der Waals surface area contributed by atoms with E-state index in [-0.39, 0.29) is 12.4 Å². The predicted octanol–water partition coefficient (Wildman–Crippen LogP) is 0.954. The van der Waals surface area contributed by atoms with Gasteiger partial charge in [-0.1, -0.05) is 11.6 Å². The molecule has 0 atom stereocenters. The summed E-state index contributed by atoms with van der Waals surface area (Å²) in [5.74, 6) is -0.440. The number of ether oxygens (including phenoxy) is 1. The van der Waals surface area contributed by atoms with Crippen molar-refractivity contribution in [1.29, 1.82) is 0 Å². The van der Waals surface area contributed by atoms with Crippen LogP contribution in [0.1, 0.15) is 17.5 Å². The van der Waals surface area contributed by atoms with Gasteiger partial charge in [-0.15, -0.1) is 10.2 Å². The molecule has 0 aliphatic rings. The van der Waals surface area contributed by atoms with Crippen LogP contribution >= 0.6 is 11.6 Å². The molecule has 7 heteroatoms. The number of rotatable bonds is 2. The Labute approximate surface area is 89.9 Å². The average Bonchev–Trinajstić information content (AvgIpc) is 2.60. The van der Waals surface area contributed by atoms with Crippen molar-refractivity contribution in [1.82, 2.24) is 19.6 Å². The molecule has 2 aromatic heterocycles. The van der Waals surface area contributed by atoms with Crippen molar-refractivity contribution in [2.75, 3.05) is 6.61 Å². The van der Waals surface area contributed by atoms with Gasteiger partial charge >= 0.3 is 5.97 Å². The molecule has 0 amide bonds. The molecule has 0 fully saturated rings. The second-order valence-corrected chi connectivity index (χ2v) is 3.07. The van der Waals surface area contributed by atoms with E-state index in [1.807, 2.05) is 0 Å². The van der Waals surface area contributed by atoms with Crippen LogP contribution in [0.4, 0.5) is 0 Å². The van der Waals surface area contributed by atoms with Crippen LogP contribution in [0.5, 0.6) is 0 Å². The zero-order valence-corrected chi connectivity index (χ0v) is 8.60. The van der Waals surface area contributed by atoms with Crippen molar-refractivity contribution in [3.63, 3.8) is 0 Å². The summed E-state index contributed by atoms with van der Waals surface area (Å²) >= 11 is 5.66. The summed E-state index contributed by atoms with van der Waals surface area (Å²) in [6.07, 6.45) is 1.38. The fourth-order valence-electron chi connectivity index (χ4n) is 1.11. The van der Waals surface area contributed by atoms with Gasteiger partial charge in [0.05, 0.1) is 6.61 Å². The van der Waals surface area contributed by atoms with Gasteiger partial charge in [0, 0.05) is 6.07 Å². The Morgan fingerprint density at radius 2 is 2.40 bits per heavy atom. The van der Waals surface area contributed by atoms with Gasteiger partial charge in [-0.05, 0) is 6.92 Å². The van der Waals surface area contributed by atoms with E-state index < -0.39 is 5.97 Å². The van der Waals surface area contributed by atoms with Crippen LogP contribution in [0.25, 0.3) is 5.65 Å². The lowest BCUT2D eigenvalue weighted by Crippen LogP contribution is -2.09. The number of fused-ring (bicyclic) bond motifs is 1. The first-order chi connectivity index (χ1) is 7.22. The second kappa shape index (κ2) is 3.82. The quantitative estimate of drug-likeness (QED) is 0.563. The molecule has 0 aromatic carbocycles. The van der Waals surface area contributed by atoms with Gasteiger partial charge in [0.25, 0.3) is 0 Å². The smallest absolute Gasteiger partial charge is 0.376 e. The number of halogens is 1. The zero-order chi connectivity index (χ0) is 10.8. The molecule has 15 heavy (non-hydrogen) atoms. The van der Waals surface area contributed by atoms with Crippen molar-refractivity contribution in [2.45, 2.75) is 6.92 Å². The molecular weight excluding hydrogens is 220 g/mol. The van der Waals surface area contributed by atoms with E-state index in [0.29, 0.717) is 10.8 Å². The molecule has 0 saturated heterocycles. The maximum atomic E-state index is 11.4. The lowest BCUT2D eigenvalue weighted by atomic mass is 10.5. The van der Waals surface area contributed by atoms with Crippen molar-refractivity contribution >= 4 is 23.2 Å². The molecule has 0 spiro atoms. The highest BCUT2D eigenvalue weighted by Gasteiger charge is 2.15. The number of nitrogens with zero attached hydrogens (tertiary/aromatic N) is 4. The Balaban J connectivity index is 2.49. The topological polar surface area (TPSA) is 69.4 Å². The maximum Gasteiger partial charge on any atom is 0.376 e. The summed E-state index contributed by atoms with van der Waals surface area (Å²) in [5, 5.41) is 7.76. The number of carbonyl (C=O) groups excluding carboxylic acids is 1. The normalized spacial score (nSPS) is 10.5. The maximum absolute atomic E-state index is 11.4. The summed E-state index contributed by atoms with van der Waals surface area (Å²) in [4.78, 5) is 15.2. The molecule has 0 bridgehead atoms. The predicted molar refractivity (Wildman–Crippen MR) is 51.7 cm³/mol. The molecular formula is C8H7ClN4O2. The number of aromatic nitrogens is 4. The highest BCUT2D eigenvalue weighted by molar-refractivity contribution is 6.29. The largest absolute Gasteiger partial charge is 0.460 e. The van der Waals surface area contributed by atoms with E-state index in [4.69, 9.17) is 16.3 Å². The van der Waals surface area contributed by atoms with E-state index in [1.54, 1.807) is 6.92 Å². The highest BCUT2D eigenvalue weighted by Crippen LogP contribution is 2.09. The van der Waals surface area contributed by atoms with Crippen LogP contribution in [0.3, 0.4) is 0 Å². The minimum absolute atomic E-state index is 0.0935. The lowest BCUT2D eigenvalue weighted by molar-refractivity contribution is 0.0510. The standard InChI is InChI=1S/C8H7ClN4O2/c1-2-15-8(14)7-12-11-6-3-5(9)10-4-13(6)7/h3-4H,2H2,1H3. The molecule has 2 heterocycles. The number of hydrogen-bond donors (Lipinski definition) is 0. The molecule has 0 unspecified atom stereocenters. The summed E-state index contributed by atoms with van der Waals surface area (Å²) in [5.41, 5.74) is 0.457. The van der Waals surface area contributed by atoms with Gasteiger partial charge in [-0.25, -0.2) is 9.78 Å². The Kier molecular flexibility index (Phi) is 2.51. The molecule has 0 saturated carbocycles. The summed E-state index contributed by atoms with van der Waals surface area (Å²) in [7, 11) is 0. The first-order valence-electron chi connectivity index (χ1n) is 4.25. The van der Waals surface area contributed by atoms with Gasteiger partial charge in [0.15, 0.2) is 5.65 Å². The Morgan fingerprint density at radius 1 is 1.60 bits per heavy atom. The van der Waals surface area contributed by atoms with E-state index in [9.17, 15) is 4.79 Å². The minimum atomic E-state index is -0.533. The molecule has 78 valence electrons. The summed E-state index contributed by atoms with van der Waals surface area (Å²) in [6.45, 7) is 2.00. The third-order valence-electron chi connectivity index (χ3n) is 1.72. The fourth-order valence-corrected chi connectivity index (χ4v) is 1.25. The monoisotopic (exact) mass is 226 g/mol. The molecule has 0 aliphatic carbocycles. The number of esters is 1. The first kappa shape index (κ1) is 9.85. The van der Waals surface area contributed by atoms with Crippen molar-refractivity contribution in [2.24, 2.45) is 0 Å². The third-order valence-corrected chi connectivity index (χ3v) is 1.93. The van der Waals surface area contributed by atoms with Gasteiger partial charge < -0.3 is 4.74 Å². The lowest BCUT2D eigenvalue weighted by Gasteiger charge is -1.98. The van der Waals surface area contributed by atoms with E-state index in [1.165, 1.54) is 16.8 Å². The molecule has 0 radical (unpaired) electrons. The van der Waals surface area contributed by atoms with Gasteiger partial charge in [-0.2, -0.15) is 0 Å². The van der Waals surface area contributed by atoms with E-state index >= 15 is 0 Å². The fraction of sp³-hybridized carbons (Fsp3) is 0.250. The first-order valence-corrected chi connectivity index (χ1v) is 4.63. The van der Waals surface area contributed by atoms with Gasteiger partial charge in [0.2, 0.25) is 5.82 Å². The van der Waals surface area contributed by atoms with E-state index in [2.05, 4.69) is 15.2 Å². The Bertz CT molecular complexity index is 510. The second-order valence-electron chi connectivity index (χ2n) is 2.68. The summed E-state index contributed by atoms with van der Waals surface area (Å²) in [6, 6.07) is 1.51. The van der Waals surface area contributed by atoms with Crippen molar-refractivity contribution in [3.05, 3.63) is 23.4 Å². The number of carbonyl (C=O) groups is 1. The molecule has 2 rings (SSSR count). The SMILES string of the molecule is CCOC(=O)c1nnc2cc(Cl)ncn12. The molecule has 6 nitrogen and oxygen atoms in total. The third kappa shape index (κ3) is 1.75. The molecule has 2 aromatic rings. The highest BCUT2D eigenvalue weighted by atomic mass is 35.5. The molecule has 0 N–H and O–H groups in total. The van der Waals surface area contributed by atoms with Crippen LogP contribution in [0.15, 0.2) is 12.4 Å². The van der Waals surface area contributed by atoms with Gasteiger partial charge in [0.1, 0.15) is 11.5 Å². The number of hydrogen-bond acceptors (Lipinski definition) is 5. The van der Waals surface area contributed by atoms with Crippen LogP contribution in [0, 0.1) is 0 Å². The Hall–Kier alpha value is -1.69. The van der Waals surface area contributed by atoms with Crippen LogP contribution in [-0.2, 0) is 4.74 Å². The molecule has 0 aliphatic heterocycles. The average molecular weight is 227 g/mol. The zero-order valence-electron chi connectivity index (χ0n) is 7.85. The van der Waals surface area contributed by atoms with Crippen LogP contribution in [0.2, 0.25) is 5.15 Å². The Morgan fingerprint density at radius 3 is 3.13 bits per heavy atom. The minimum Gasteiger partial charge on any atom is -0.460 e. The van der Waals surface area contributed by atoms with Crippen molar-refractivity contribution < 1.29 is 9.53 Å².